The van der Waals surface area contributed by atoms with Gasteiger partial charge in [0.1, 0.15) is 4.90 Å². The second-order valence-electron chi connectivity index (χ2n) is 5.93. The van der Waals surface area contributed by atoms with Crippen LogP contribution in [0.2, 0.25) is 0 Å². The molecule has 0 spiro atoms. The van der Waals surface area contributed by atoms with Crippen LogP contribution in [0.3, 0.4) is 0 Å². The maximum Gasteiger partial charge on any atom is 0.269 e. The van der Waals surface area contributed by atoms with Gasteiger partial charge in [-0.05, 0) is 43.0 Å². The number of hydrogen-bond donors (Lipinski definition) is 0. The van der Waals surface area contributed by atoms with Crippen LogP contribution in [0.4, 0.5) is 0 Å². The van der Waals surface area contributed by atoms with Crippen molar-refractivity contribution in [1.82, 2.24) is 13.9 Å². The van der Waals surface area contributed by atoms with Crippen molar-refractivity contribution in [2.75, 3.05) is 0 Å². The lowest BCUT2D eigenvalue weighted by Gasteiger charge is -2.07. The van der Waals surface area contributed by atoms with Crippen LogP contribution in [0.5, 0.6) is 0 Å². The zero-order valence-corrected chi connectivity index (χ0v) is 13.4. The van der Waals surface area contributed by atoms with E-state index in [-0.39, 0.29) is 4.90 Å². The average molecular weight is 327 g/mol. The fourth-order valence-corrected chi connectivity index (χ4v) is 4.73. The van der Waals surface area contributed by atoms with Crippen LogP contribution in [0.15, 0.2) is 53.9 Å². The standard InChI is InChI=1S/C17H17N3O2S/c21-23(22,14-7-3-9-18-11-14)20-12-15(13-5-1-2-6-13)17-16(20)8-4-10-19-17/h3-4,7-13H,1-2,5-6H2. The molecule has 0 atom stereocenters. The van der Waals surface area contributed by atoms with Crippen LogP contribution < -0.4 is 0 Å². The Bertz CT molecular complexity index is 942. The number of aromatic nitrogens is 3. The van der Waals surface area contributed by atoms with Gasteiger partial charge in [-0.2, -0.15) is 0 Å². The summed E-state index contributed by atoms with van der Waals surface area (Å²) in [6.45, 7) is 0. The third kappa shape index (κ3) is 2.34. The molecule has 1 fully saturated rings. The van der Waals surface area contributed by atoms with E-state index in [0.29, 0.717) is 11.4 Å². The Morgan fingerprint density at radius 1 is 1.09 bits per heavy atom. The number of rotatable bonds is 3. The number of hydrogen-bond acceptors (Lipinski definition) is 4. The first kappa shape index (κ1) is 14.4. The van der Waals surface area contributed by atoms with Gasteiger partial charge in [0.05, 0.1) is 11.0 Å². The Morgan fingerprint density at radius 2 is 1.87 bits per heavy atom. The first-order valence-corrected chi connectivity index (χ1v) is 9.23. The van der Waals surface area contributed by atoms with E-state index in [1.807, 2.05) is 6.07 Å². The summed E-state index contributed by atoms with van der Waals surface area (Å²) in [4.78, 5) is 8.58. The highest BCUT2D eigenvalue weighted by Crippen LogP contribution is 2.38. The maximum atomic E-state index is 13.0. The van der Waals surface area contributed by atoms with Crippen LogP contribution >= 0.6 is 0 Å². The lowest BCUT2D eigenvalue weighted by Crippen LogP contribution is -2.12. The van der Waals surface area contributed by atoms with Crippen LogP contribution in [0.1, 0.15) is 37.2 Å². The molecule has 6 heteroatoms. The lowest BCUT2D eigenvalue weighted by molar-refractivity contribution is 0.588. The van der Waals surface area contributed by atoms with Gasteiger partial charge in [-0.15, -0.1) is 0 Å². The molecular formula is C17H17N3O2S. The zero-order valence-electron chi connectivity index (χ0n) is 12.6. The van der Waals surface area contributed by atoms with E-state index in [0.717, 1.165) is 23.9 Å². The predicted molar refractivity (Wildman–Crippen MR) is 87.8 cm³/mol. The Kier molecular flexibility index (Phi) is 3.41. The quantitative estimate of drug-likeness (QED) is 0.740. The number of pyridine rings is 2. The third-order valence-corrected chi connectivity index (χ3v) is 6.20. The van der Waals surface area contributed by atoms with Crippen LogP contribution in [0.25, 0.3) is 11.0 Å². The minimum atomic E-state index is -3.66. The minimum Gasteiger partial charge on any atom is -0.263 e. The van der Waals surface area contributed by atoms with Crippen molar-refractivity contribution in [1.29, 1.82) is 0 Å². The Morgan fingerprint density at radius 3 is 2.61 bits per heavy atom. The van der Waals surface area contributed by atoms with E-state index >= 15 is 0 Å². The van der Waals surface area contributed by atoms with E-state index in [9.17, 15) is 8.42 Å². The SMILES string of the molecule is O=S(=O)(c1cccnc1)n1cc(C2CCCC2)c2ncccc21. The van der Waals surface area contributed by atoms with Crippen molar-refractivity contribution in [3.8, 4) is 0 Å². The summed E-state index contributed by atoms with van der Waals surface area (Å²) in [6, 6.07) is 6.79. The highest BCUT2D eigenvalue weighted by molar-refractivity contribution is 7.90. The maximum absolute atomic E-state index is 13.0. The van der Waals surface area contributed by atoms with Gasteiger partial charge in [0.15, 0.2) is 0 Å². The summed E-state index contributed by atoms with van der Waals surface area (Å²) in [7, 11) is -3.66. The van der Waals surface area contributed by atoms with Gasteiger partial charge in [0, 0.05) is 30.4 Å². The smallest absolute Gasteiger partial charge is 0.263 e. The number of fused-ring (bicyclic) bond motifs is 1. The summed E-state index contributed by atoms with van der Waals surface area (Å²) in [5.74, 6) is 0.401. The molecule has 0 amide bonds. The van der Waals surface area contributed by atoms with Crippen molar-refractivity contribution in [3.63, 3.8) is 0 Å². The number of nitrogens with zero attached hydrogens (tertiary/aromatic N) is 3. The fourth-order valence-electron chi connectivity index (χ4n) is 3.40. The van der Waals surface area contributed by atoms with Gasteiger partial charge in [-0.1, -0.05) is 12.8 Å². The normalized spacial score (nSPS) is 16.2. The third-order valence-electron chi connectivity index (χ3n) is 4.54. The topological polar surface area (TPSA) is 64.8 Å². The molecule has 0 N–H and O–H groups in total. The summed E-state index contributed by atoms with van der Waals surface area (Å²) in [5, 5.41) is 0. The molecule has 1 aliphatic rings. The zero-order chi connectivity index (χ0) is 15.9. The molecule has 1 aliphatic carbocycles. The van der Waals surface area contributed by atoms with Crippen LogP contribution in [-0.2, 0) is 10.0 Å². The molecular weight excluding hydrogens is 310 g/mol. The molecule has 0 radical (unpaired) electrons. The molecule has 1 saturated carbocycles. The summed E-state index contributed by atoms with van der Waals surface area (Å²) < 4.78 is 27.3. The molecule has 4 rings (SSSR count). The molecule has 0 saturated heterocycles. The molecule has 3 heterocycles. The van der Waals surface area contributed by atoms with Crippen LogP contribution in [0, 0.1) is 0 Å². The van der Waals surface area contributed by atoms with Gasteiger partial charge in [-0.3, -0.25) is 9.97 Å². The van der Waals surface area contributed by atoms with Gasteiger partial charge in [0.2, 0.25) is 0 Å². The second kappa shape index (κ2) is 5.45. The lowest BCUT2D eigenvalue weighted by atomic mass is 10.00. The highest BCUT2D eigenvalue weighted by Gasteiger charge is 2.26. The van der Waals surface area contributed by atoms with Gasteiger partial charge < -0.3 is 0 Å². The molecule has 23 heavy (non-hydrogen) atoms. The minimum absolute atomic E-state index is 0.193. The van der Waals surface area contributed by atoms with Crippen molar-refractivity contribution in [2.24, 2.45) is 0 Å². The predicted octanol–water partition coefficient (Wildman–Crippen LogP) is 3.33. The second-order valence-corrected chi connectivity index (χ2v) is 7.74. The molecule has 0 unspecified atom stereocenters. The van der Waals surface area contributed by atoms with Crippen molar-refractivity contribution < 1.29 is 8.42 Å². The molecule has 5 nitrogen and oxygen atoms in total. The Hall–Kier alpha value is -2.21. The molecule has 3 aromatic heterocycles. The molecule has 3 aromatic rings. The van der Waals surface area contributed by atoms with E-state index in [4.69, 9.17) is 0 Å². The molecule has 0 aliphatic heterocycles. The average Bonchev–Trinajstić information content (AvgIpc) is 3.23. The first-order valence-electron chi connectivity index (χ1n) is 7.79. The Balaban J connectivity index is 1.94. The fraction of sp³-hybridized carbons (Fsp3) is 0.294. The van der Waals surface area contributed by atoms with Crippen molar-refractivity contribution >= 4 is 21.1 Å². The molecule has 118 valence electrons. The van der Waals surface area contributed by atoms with Gasteiger partial charge >= 0.3 is 0 Å². The summed E-state index contributed by atoms with van der Waals surface area (Å²) >= 11 is 0. The largest absolute Gasteiger partial charge is 0.269 e. The Labute approximate surface area is 135 Å². The van der Waals surface area contributed by atoms with Crippen LogP contribution in [-0.4, -0.2) is 22.4 Å². The van der Waals surface area contributed by atoms with Gasteiger partial charge in [0.25, 0.3) is 10.0 Å². The van der Waals surface area contributed by atoms with E-state index in [1.54, 1.807) is 36.8 Å². The molecule has 0 aromatic carbocycles. The van der Waals surface area contributed by atoms with Crippen molar-refractivity contribution in [3.05, 3.63) is 54.6 Å². The van der Waals surface area contributed by atoms with Crippen molar-refractivity contribution in [2.45, 2.75) is 36.5 Å². The summed E-state index contributed by atoms with van der Waals surface area (Å²) in [5.41, 5.74) is 2.48. The monoisotopic (exact) mass is 327 g/mol. The van der Waals surface area contributed by atoms with E-state index in [1.165, 1.54) is 23.0 Å². The van der Waals surface area contributed by atoms with E-state index < -0.39 is 10.0 Å². The molecule has 0 bridgehead atoms. The van der Waals surface area contributed by atoms with Gasteiger partial charge in [-0.25, -0.2) is 12.4 Å². The van der Waals surface area contributed by atoms with E-state index in [2.05, 4.69) is 9.97 Å². The highest BCUT2D eigenvalue weighted by atomic mass is 32.2. The first-order chi connectivity index (χ1) is 11.2. The summed E-state index contributed by atoms with van der Waals surface area (Å²) in [6.07, 6.45) is 11.0.